The minimum absolute atomic E-state index is 0.0642. The van der Waals surface area contributed by atoms with Crippen molar-refractivity contribution >= 4 is 38.1 Å². The maximum Gasteiger partial charge on any atom is 0.256 e. The summed E-state index contributed by atoms with van der Waals surface area (Å²) >= 11 is 1.29. The molecule has 154 valence electrons. The Morgan fingerprint density at radius 3 is 2.62 bits per heavy atom. The van der Waals surface area contributed by atoms with Crippen LogP contribution in [0, 0.1) is 12.8 Å². The lowest BCUT2D eigenvalue weighted by Crippen LogP contribution is -2.35. The number of carbonyl (C=O) groups is 2. The van der Waals surface area contributed by atoms with Crippen LogP contribution in [-0.4, -0.2) is 42.4 Å². The molecule has 4 rings (SSSR count). The molecule has 1 N–H and O–H groups in total. The first-order valence-electron chi connectivity index (χ1n) is 9.49. The van der Waals surface area contributed by atoms with Gasteiger partial charge in [-0.15, -0.1) is 0 Å². The van der Waals surface area contributed by atoms with E-state index < -0.39 is 9.84 Å². The van der Waals surface area contributed by atoms with Crippen molar-refractivity contribution in [1.29, 1.82) is 0 Å². The number of sulfone groups is 1. The second-order valence-electron chi connectivity index (χ2n) is 7.91. The van der Waals surface area contributed by atoms with Gasteiger partial charge in [-0.05, 0) is 55.9 Å². The molecule has 1 atom stereocenters. The summed E-state index contributed by atoms with van der Waals surface area (Å²) in [4.78, 5) is 31.4. The Hall–Kier alpha value is -2.26. The number of nitrogens with zero attached hydrogens (tertiary/aromatic N) is 2. The summed E-state index contributed by atoms with van der Waals surface area (Å²) < 4.78 is 25.1. The molecule has 1 aliphatic carbocycles. The molecule has 7 nitrogen and oxygen atoms in total. The summed E-state index contributed by atoms with van der Waals surface area (Å²) in [6, 6.07) is 3.55. The average molecular weight is 434 g/mol. The molecule has 1 aromatic heterocycles. The third-order valence-corrected chi connectivity index (χ3v) is 7.78. The van der Waals surface area contributed by atoms with Gasteiger partial charge in [0, 0.05) is 25.8 Å². The number of hydrogen-bond acceptors (Lipinski definition) is 6. The largest absolute Gasteiger partial charge is 0.331 e. The molecule has 2 aliphatic rings. The zero-order valence-electron chi connectivity index (χ0n) is 16.8. The van der Waals surface area contributed by atoms with Crippen LogP contribution in [0.1, 0.15) is 48.3 Å². The van der Waals surface area contributed by atoms with Crippen LogP contribution in [0.15, 0.2) is 17.0 Å². The van der Waals surface area contributed by atoms with Gasteiger partial charge in [0.05, 0.1) is 21.0 Å². The molecule has 1 unspecified atom stereocenters. The van der Waals surface area contributed by atoms with Crippen LogP contribution in [-0.2, 0) is 21.2 Å². The van der Waals surface area contributed by atoms with Crippen LogP contribution in [0.5, 0.6) is 0 Å². The van der Waals surface area contributed by atoms with E-state index in [0.717, 1.165) is 29.5 Å². The molecule has 1 aromatic carbocycles. The first kappa shape index (κ1) is 20.0. The van der Waals surface area contributed by atoms with Gasteiger partial charge in [0.1, 0.15) is 0 Å². The van der Waals surface area contributed by atoms with Gasteiger partial charge in [-0.25, -0.2) is 13.4 Å². The van der Waals surface area contributed by atoms with Crippen LogP contribution in [0.3, 0.4) is 0 Å². The number of benzene rings is 1. The van der Waals surface area contributed by atoms with E-state index in [1.807, 2.05) is 19.9 Å². The third kappa shape index (κ3) is 3.69. The molecule has 9 heteroatoms. The SMILES string of the molecule is CC(=O)Nc1nc(C)c(-c2cc3c(c(S(C)(=O)=O)c2)C(=O)N(C(C)C2CC2)C3)s1. The zero-order chi connectivity index (χ0) is 21.1. The van der Waals surface area contributed by atoms with Crippen molar-refractivity contribution in [3.63, 3.8) is 0 Å². The molecule has 29 heavy (non-hydrogen) atoms. The number of amides is 2. The molecule has 0 radical (unpaired) electrons. The van der Waals surface area contributed by atoms with E-state index in [2.05, 4.69) is 10.3 Å². The predicted octanol–water partition coefficient (Wildman–Crippen LogP) is 3.23. The number of hydrogen-bond donors (Lipinski definition) is 1. The van der Waals surface area contributed by atoms with E-state index in [1.165, 1.54) is 18.3 Å². The van der Waals surface area contributed by atoms with Crippen molar-refractivity contribution < 1.29 is 18.0 Å². The maximum absolute atomic E-state index is 13.1. The monoisotopic (exact) mass is 433 g/mol. The molecule has 2 aromatic rings. The molecule has 0 bridgehead atoms. The summed E-state index contributed by atoms with van der Waals surface area (Å²) in [5.74, 6) is 0.0797. The molecule has 0 saturated heterocycles. The predicted molar refractivity (Wildman–Crippen MR) is 112 cm³/mol. The van der Waals surface area contributed by atoms with Gasteiger partial charge in [-0.1, -0.05) is 11.3 Å². The van der Waals surface area contributed by atoms with Gasteiger partial charge in [-0.3, -0.25) is 9.59 Å². The Balaban J connectivity index is 1.82. The normalized spacial score (nSPS) is 17.4. The highest BCUT2D eigenvalue weighted by Gasteiger charge is 2.41. The highest BCUT2D eigenvalue weighted by molar-refractivity contribution is 7.90. The summed E-state index contributed by atoms with van der Waals surface area (Å²) in [5.41, 5.74) is 2.43. The van der Waals surface area contributed by atoms with Crippen molar-refractivity contribution in [2.75, 3.05) is 11.6 Å². The fraction of sp³-hybridized carbons (Fsp3) is 0.450. The first-order chi connectivity index (χ1) is 13.6. The molecule has 0 spiro atoms. The van der Waals surface area contributed by atoms with E-state index in [-0.39, 0.29) is 22.8 Å². The van der Waals surface area contributed by atoms with Crippen LogP contribution < -0.4 is 5.32 Å². The van der Waals surface area contributed by atoms with Gasteiger partial charge < -0.3 is 10.2 Å². The van der Waals surface area contributed by atoms with Crippen LogP contribution >= 0.6 is 11.3 Å². The van der Waals surface area contributed by atoms with Crippen molar-refractivity contribution in [1.82, 2.24) is 9.88 Å². The highest BCUT2D eigenvalue weighted by atomic mass is 32.2. The molecule has 1 fully saturated rings. The Kier molecular flexibility index (Phi) is 4.77. The quantitative estimate of drug-likeness (QED) is 0.781. The second-order valence-corrected chi connectivity index (χ2v) is 10.9. The van der Waals surface area contributed by atoms with E-state index in [0.29, 0.717) is 34.4 Å². The van der Waals surface area contributed by atoms with Crippen LogP contribution in [0.2, 0.25) is 0 Å². The standard InChI is InChI=1S/C20H23N3O4S2/c1-10-18(28-20(21-10)22-12(3)24)14-7-15-9-23(11(2)13-5-6-13)19(25)17(15)16(8-14)29(4,26)27/h7-8,11,13H,5-6,9H2,1-4H3,(H,21,22,24). The number of aromatic nitrogens is 1. The molecule has 1 saturated carbocycles. The summed E-state index contributed by atoms with van der Waals surface area (Å²) in [5, 5.41) is 3.13. The molecule has 1 aliphatic heterocycles. The number of thiazole rings is 1. The van der Waals surface area contributed by atoms with Gasteiger partial charge >= 0.3 is 0 Å². The van der Waals surface area contributed by atoms with Crippen molar-refractivity contribution in [3.8, 4) is 10.4 Å². The first-order valence-corrected chi connectivity index (χ1v) is 12.2. The third-order valence-electron chi connectivity index (χ3n) is 5.54. The Bertz CT molecular complexity index is 1130. The van der Waals surface area contributed by atoms with Gasteiger partial charge in [-0.2, -0.15) is 0 Å². The highest BCUT2D eigenvalue weighted by Crippen LogP contribution is 2.42. The lowest BCUT2D eigenvalue weighted by Gasteiger charge is -2.24. The molecular formula is C20H23N3O4S2. The number of aryl methyl sites for hydroxylation is 1. The van der Waals surface area contributed by atoms with Crippen LogP contribution in [0.25, 0.3) is 10.4 Å². The van der Waals surface area contributed by atoms with Gasteiger partial charge in [0.2, 0.25) is 5.91 Å². The minimum Gasteiger partial charge on any atom is -0.331 e. The maximum atomic E-state index is 13.1. The molecular weight excluding hydrogens is 410 g/mol. The van der Waals surface area contributed by atoms with Gasteiger partial charge in [0.15, 0.2) is 15.0 Å². The summed E-state index contributed by atoms with van der Waals surface area (Å²) in [6.07, 6.45) is 3.35. The Morgan fingerprint density at radius 1 is 1.34 bits per heavy atom. The van der Waals surface area contributed by atoms with E-state index >= 15 is 0 Å². The minimum atomic E-state index is -3.60. The van der Waals surface area contributed by atoms with Gasteiger partial charge in [0.25, 0.3) is 5.91 Å². The number of anilines is 1. The molecule has 2 amide bonds. The van der Waals surface area contributed by atoms with E-state index in [4.69, 9.17) is 0 Å². The van der Waals surface area contributed by atoms with Crippen molar-refractivity contribution in [3.05, 3.63) is 29.0 Å². The summed E-state index contributed by atoms with van der Waals surface area (Å²) in [6.45, 7) is 5.68. The fourth-order valence-electron chi connectivity index (χ4n) is 3.89. The lowest BCUT2D eigenvalue weighted by atomic mass is 10.0. The lowest BCUT2D eigenvalue weighted by molar-refractivity contribution is -0.114. The number of rotatable bonds is 5. The Labute approximate surface area is 174 Å². The number of nitrogens with one attached hydrogen (secondary N) is 1. The van der Waals surface area contributed by atoms with Crippen LogP contribution in [0.4, 0.5) is 5.13 Å². The fourth-order valence-corrected chi connectivity index (χ4v) is 5.82. The van der Waals surface area contributed by atoms with E-state index in [1.54, 1.807) is 11.0 Å². The topological polar surface area (TPSA) is 96.4 Å². The second kappa shape index (κ2) is 6.91. The molecule has 2 heterocycles. The average Bonchev–Trinajstić information content (AvgIpc) is 3.33. The number of fused-ring (bicyclic) bond motifs is 1. The van der Waals surface area contributed by atoms with Crippen molar-refractivity contribution in [2.45, 2.75) is 51.1 Å². The summed E-state index contributed by atoms with van der Waals surface area (Å²) in [7, 11) is -3.60. The zero-order valence-corrected chi connectivity index (χ0v) is 18.4. The van der Waals surface area contributed by atoms with E-state index in [9.17, 15) is 18.0 Å². The smallest absolute Gasteiger partial charge is 0.256 e. The van der Waals surface area contributed by atoms with Crippen molar-refractivity contribution in [2.24, 2.45) is 5.92 Å². The Morgan fingerprint density at radius 2 is 2.03 bits per heavy atom. The number of carbonyl (C=O) groups excluding carboxylic acids is 2.